The number of nitrogens with zero attached hydrogens (tertiary/aromatic N) is 2. The second-order valence-corrected chi connectivity index (χ2v) is 4.50. The Morgan fingerprint density at radius 3 is 2.61 bits per heavy atom. The van der Waals surface area contributed by atoms with Gasteiger partial charge in [0.15, 0.2) is 12.0 Å². The van der Waals surface area contributed by atoms with Crippen molar-refractivity contribution in [2.45, 2.75) is 6.92 Å². The molecule has 6 heteroatoms. The van der Waals surface area contributed by atoms with Gasteiger partial charge < -0.3 is 0 Å². The summed E-state index contributed by atoms with van der Waals surface area (Å²) in [5.74, 6) is 0. The first-order valence-electron chi connectivity index (χ1n) is 5.04. The van der Waals surface area contributed by atoms with Gasteiger partial charge in [0.25, 0.3) is 0 Å². The maximum atomic E-state index is 11.4. The largest absolute Gasteiger partial charge is 0.296 e. The van der Waals surface area contributed by atoms with Crippen molar-refractivity contribution in [2.24, 2.45) is 0 Å². The zero-order valence-electron chi connectivity index (χ0n) is 9.35. The summed E-state index contributed by atoms with van der Waals surface area (Å²) >= 11 is 11.9. The van der Waals surface area contributed by atoms with Crippen LogP contribution in [0.1, 0.15) is 16.2 Å². The third-order valence-corrected chi connectivity index (χ3v) is 2.92. The van der Waals surface area contributed by atoms with Gasteiger partial charge in [-0.3, -0.25) is 9.59 Å². The smallest absolute Gasteiger partial charge is 0.211 e. The summed E-state index contributed by atoms with van der Waals surface area (Å²) in [6.45, 7) is 1.70. The Labute approximate surface area is 113 Å². The van der Waals surface area contributed by atoms with Crippen molar-refractivity contribution in [3.05, 3.63) is 55.9 Å². The van der Waals surface area contributed by atoms with Crippen molar-refractivity contribution in [2.75, 3.05) is 0 Å². The van der Waals surface area contributed by atoms with E-state index in [0.29, 0.717) is 27.7 Å². The lowest BCUT2D eigenvalue weighted by atomic mass is 10.3. The molecule has 1 aromatic heterocycles. The minimum absolute atomic E-state index is 0.161. The molecule has 0 N–H and O–H groups in total. The lowest BCUT2D eigenvalue weighted by Crippen LogP contribution is -2.18. The summed E-state index contributed by atoms with van der Waals surface area (Å²) in [6.07, 6.45) is 0.419. The molecule has 18 heavy (non-hydrogen) atoms. The maximum absolute atomic E-state index is 11.4. The van der Waals surface area contributed by atoms with Crippen LogP contribution in [0.15, 0.2) is 29.1 Å². The lowest BCUT2D eigenvalue weighted by Gasteiger charge is -2.11. The predicted octanol–water partition coefficient (Wildman–Crippen LogP) is 2.66. The van der Waals surface area contributed by atoms with Crippen molar-refractivity contribution in [1.29, 1.82) is 0 Å². The summed E-state index contributed by atoms with van der Waals surface area (Å²) in [5, 5.41) is 4.85. The van der Waals surface area contributed by atoms with Crippen LogP contribution >= 0.6 is 23.2 Å². The minimum Gasteiger partial charge on any atom is -0.296 e. The van der Waals surface area contributed by atoms with Crippen LogP contribution in [0.4, 0.5) is 0 Å². The fourth-order valence-electron chi connectivity index (χ4n) is 1.54. The van der Waals surface area contributed by atoms with Crippen LogP contribution in [-0.4, -0.2) is 16.1 Å². The molecule has 0 saturated carbocycles. The van der Waals surface area contributed by atoms with Crippen LogP contribution in [0.5, 0.6) is 0 Å². The number of benzene rings is 1. The molecule has 2 rings (SSSR count). The molecule has 0 spiro atoms. The summed E-state index contributed by atoms with van der Waals surface area (Å²) < 4.78 is 1.43. The van der Waals surface area contributed by atoms with Crippen LogP contribution in [0.3, 0.4) is 0 Å². The van der Waals surface area contributed by atoms with Gasteiger partial charge in [0, 0.05) is 16.8 Å². The molecule has 4 nitrogen and oxygen atoms in total. The van der Waals surface area contributed by atoms with E-state index in [9.17, 15) is 9.59 Å². The highest BCUT2D eigenvalue weighted by Crippen LogP contribution is 2.24. The van der Waals surface area contributed by atoms with Crippen LogP contribution in [-0.2, 0) is 0 Å². The highest BCUT2D eigenvalue weighted by Gasteiger charge is 2.09. The molecule has 2 aromatic rings. The molecule has 0 unspecified atom stereocenters. The van der Waals surface area contributed by atoms with Gasteiger partial charge in [-0.2, -0.15) is 5.10 Å². The van der Waals surface area contributed by atoms with Gasteiger partial charge in [-0.05, 0) is 25.1 Å². The van der Waals surface area contributed by atoms with Crippen LogP contribution in [0.25, 0.3) is 5.69 Å². The molecule has 0 aliphatic heterocycles. The zero-order valence-corrected chi connectivity index (χ0v) is 10.9. The number of carbonyl (C=O) groups is 1. The third-order valence-electron chi connectivity index (χ3n) is 2.38. The monoisotopic (exact) mass is 282 g/mol. The Balaban J connectivity index is 2.70. The Morgan fingerprint density at radius 2 is 2.00 bits per heavy atom. The normalized spacial score (nSPS) is 10.4. The number of carbonyl (C=O) groups excluding carboxylic acids is 1. The van der Waals surface area contributed by atoms with Crippen molar-refractivity contribution in [3.8, 4) is 5.69 Å². The van der Waals surface area contributed by atoms with Gasteiger partial charge in [0.2, 0.25) is 5.43 Å². The molecule has 0 radical (unpaired) electrons. The Kier molecular flexibility index (Phi) is 3.50. The zero-order chi connectivity index (χ0) is 13.3. The van der Waals surface area contributed by atoms with Crippen molar-refractivity contribution in [3.63, 3.8) is 0 Å². The highest BCUT2D eigenvalue weighted by atomic mass is 35.5. The molecule has 0 bridgehead atoms. The molecule has 1 aromatic carbocycles. The van der Waals surface area contributed by atoms with E-state index in [0.717, 1.165) is 0 Å². The standard InChI is InChI=1S/C12H8Cl2N2O2/c1-7-4-12(18)10(6-17)15-16(7)11-3-2-8(13)5-9(11)14/h2-6H,1H3. The average molecular weight is 283 g/mol. The van der Waals surface area contributed by atoms with Gasteiger partial charge in [0.05, 0.1) is 10.7 Å². The SMILES string of the molecule is Cc1cc(=O)c(C=O)nn1-c1ccc(Cl)cc1Cl. The first kappa shape index (κ1) is 12.8. The lowest BCUT2D eigenvalue weighted by molar-refractivity contribution is 0.111. The van der Waals surface area contributed by atoms with E-state index in [-0.39, 0.29) is 5.69 Å². The van der Waals surface area contributed by atoms with Crippen LogP contribution in [0, 0.1) is 6.92 Å². The minimum atomic E-state index is -0.413. The molecule has 0 aliphatic rings. The van der Waals surface area contributed by atoms with Gasteiger partial charge in [-0.25, -0.2) is 4.68 Å². The van der Waals surface area contributed by atoms with Gasteiger partial charge in [-0.15, -0.1) is 0 Å². The van der Waals surface area contributed by atoms with Gasteiger partial charge in [0.1, 0.15) is 0 Å². The van der Waals surface area contributed by atoms with Crippen molar-refractivity contribution in [1.82, 2.24) is 9.78 Å². The summed E-state index contributed by atoms with van der Waals surface area (Å²) in [6, 6.07) is 6.23. The number of hydrogen-bond acceptors (Lipinski definition) is 3. The van der Waals surface area contributed by atoms with Gasteiger partial charge in [-0.1, -0.05) is 23.2 Å². The summed E-state index contributed by atoms with van der Waals surface area (Å²) in [4.78, 5) is 22.2. The quantitative estimate of drug-likeness (QED) is 0.796. The molecule has 0 amide bonds. The van der Waals surface area contributed by atoms with E-state index in [2.05, 4.69) is 5.10 Å². The fraction of sp³-hybridized carbons (Fsp3) is 0.0833. The number of rotatable bonds is 2. The topological polar surface area (TPSA) is 52.0 Å². The molecule has 1 heterocycles. The summed E-state index contributed by atoms with van der Waals surface area (Å²) in [5.41, 5.74) is 0.562. The number of aromatic nitrogens is 2. The van der Waals surface area contributed by atoms with E-state index >= 15 is 0 Å². The molecule has 0 atom stereocenters. The molecule has 92 valence electrons. The van der Waals surface area contributed by atoms with E-state index in [1.807, 2.05) is 0 Å². The van der Waals surface area contributed by atoms with E-state index < -0.39 is 5.43 Å². The Bertz CT molecular complexity index is 680. The Morgan fingerprint density at radius 1 is 1.28 bits per heavy atom. The van der Waals surface area contributed by atoms with Crippen LogP contribution in [0.2, 0.25) is 10.0 Å². The van der Waals surface area contributed by atoms with E-state index in [1.165, 1.54) is 10.7 Å². The molecular formula is C12H8Cl2N2O2. The number of halogens is 2. The second kappa shape index (κ2) is 4.92. The Hall–Kier alpha value is -1.65. The van der Waals surface area contributed by atoms with E-state index in [1.54, 1.807) is 25.1 Å². The number of hydrogen-bond donors (Lipinski definition) is 0. The molecular weight excluding hydrogens is 275 g/mol. The number of aryl methyl sites for hydroxylation is 1. The van der Waals surface area contributed by atoms with Crippen molar-refractivity contribution < 1.29 is 4.79 Å². The van der Waals surface area contributed by atoms with Crippen molar-refractivity contribution >= 4 is 29.5 Å². The average Bonchev–Trinajstić information content (AvgIpc) is 2.30. The van der Waals surface area contributed by atoms with E-state index in [4.69, 9.17) is 23.2 Å². The first-order valence-corrected chi connectivity index (χ1v) is 5.80. The molecule has 0 aliphatic carbocycles. The summed E-state index contributed by atoms with van der Waals surface area (Å²) in [7, 11) is 0. The second-order valence-electron chi connectivity index (χ2n) is 3.66. The van der Waals surface area contributed by atoms with Crippen LogP contribution < -0.4 is 5.43 Å². The molecule has 0 fully saturated rings. The highest BCUT2D eigenvalue weighted by molar-refractivity contribution is 6.35. The first-order chi connectivity index (χ1) is 8.52. The van der Waals surface area contributed by atoms with Gasteiger partial charge >= 0.3 is 0 Å². The fourth-order valence-corrected chi connectivity index (χ4v) is 2.03. The maximum Gasteiger partial charge on any atom is 0.211 e. The third kappa shape index (κ3) is 2.30. The number of aldehydes is 1. The predicted molar refractivity (Wildman–Crippen MR) is 70.0 cm³/mol. The molecule has 0 saturated heterocycles.